The molecule has 2 amide bonds. The van der Waals surface area contributed by atoms with Crippen molar-refractivity contribution in [3.8, 4) is 0 Å². The molecule has 1 aliphatic heterocycles. The number of aliphatic hydroxyl groups excluding tert-OH is 3. The van der Waals surface area contributed by atoms with Crippen LogP contribution in [0.3, 0.4) is 0 Å². The van der Waals surface area contributed by atoms with Crippen LogP contribution in [0, 0.1) is 58.2 Å². The topological polar surface area (TPSA) is 140 Å². The minimum absolute atomic E-state index is 0.0283. The lowest BCUT2D eigenvalue weighted by molar-refractivity contribution is -0.163. The van der Waals surface area contributed by atoms with Gasteiger partial charge >= 0.3 is 12.2 Å². The number of hydrogen-bond donors (Lipinski definition) is 5. The molecule has 4 rings (SSSR count). The Hall–Kier alpha value is -1.90. The van der Waals surface area contributed by atoms with Crippen molar-refractivity contribution in [1.29, 1.82) is 0 Å². The Morgan fingerprint density at radius 2 is 1.47 bits per heavy atom. The van der Waals surface area contributed by atoms with Crippen molar-refractivity contribution >= 4 is 28.6 Å². The lowest BCUT2D eigenvalue weighted by Gasteiger charge is -2.49. The van der Waals surface area contributed by atoms with Crippen LogP contribution in [-0.2, 0) is 15.7 Å². The van der Waals surface area contributed by atoms with Gasteiger partial charge in [-0.15, -0.1) is 0 Å². The van der Waals surface area contributed by atoms with Crippen molar-refractivity contribution < 1.29 is 47.9 Å². The van der Waals surface area contributed by atoms with Crippen LogP contribution in [0.4, 0.5) is 23.7 Å². The van der Waals surface area contributed by atoms with Gasteiger partial charge in [0.15, 0.2) is 5.12 Å². The number of thioether (sulfide) groups is 1. The molecule has 2 aliphatic carbocycles. The monoisotopic (exact) mass is 899 g/mol. The molecule has 2 saturated carbocycles. The van der Waals surface area contributed by atoms with Gasteiger partial charge in [0.2, 0.25) is 0 Å². The average Bonchev–Trinajstić information content (AvgIpc) is 3.17. The largest absolute Gasteiger partial charge is 0.416 e. The fourth-order valence-electron chi connectivity index (χ4n) is 11.9. The van der Waals surface area contributed by atoms with Crippen molar-refractivity contribution in [2.24, 2.45) is 58.2 Å². The van der Waals surface area contributed by atoms with E-state index in [0.717, 1.165) is 31.4 Å². The summed E-state index contributed by atoms with van der Waals surface area (Å²) in [6.07, 6.45) is -2.52. The minimum atomic E-state index is -4.54. The molecule has 3 aliphatic rings. The molecule has 1 heterocycles. The summed E-state index contributed by atoms with van der Waals surface area (Å²) < 4.78 is 47.4. The Labute approximate surface area is 375 Å². The Balaban J connectivity index is 1.83. The van der Waals surface area contributed by atoms with Gasteiger partial charge in [0.05, 0.1) is 53.6 Å². The summed E-state index contributed by atoms with van der Waals surface area (Å²) in [6.45, 7) is 25.8. The van der Waals surface area contributed by atoms with Gasteiger partial charge in [0.25, 0.3) is 0 Å². The molecule has 1 aromatic carbocycles. The van der Waals surface area contributed by atoms with Gasteiger partial charge in [-0.3, -0.25) is 4.79 Å². The van der Waals surface area contributed by atoms with E-state index < -0.39 is 76.5 Å². The number of anilines is 1. The number of nitrogens with zero attached hydrogens (tertiary/aromatic N) is 1. The Morgan fingerprint density at radius 3 is 2.02 bits per heavy atom. The van der Waals surface area contributed by atoms with E-state index in [1.54, 1.807) is 6.92 Å². The zero-order chi connectivity index (χ0) is 46.9. The first-order chi connectivity index (χ1) is 28.5. The van der Waals surface area contributed by atoms with Crippen LogP contribution in [0.2, 0.25) is 0 Å². The molecular weight excluding hydrogens is 818 g/mol. The number of alkyl halides is 3. The third kappa shape index (κ3) is 12.3. The number of halogens is 3. The van der Waals surface area contributed by atoms with Gasteiger partial charge in [0.1, 0.15) is 0 Å². The summed E-state index contributed by atoms with van der Waals surface area (Å²) in [6, 6.07) is 2.82. The number of ether oxygens (including phenoxy) is 1. The highest BCUT2D eigenvalue weighted by molar-refractivity contribution is 8.14. The van der Waals surface area contributed by atoms with Crippen molar-refractivity contribution in [2.45, 2.75) is 195 Å². The van der Waals surface area contributed by atoms with E-state index in [0.29, 0.717) is 31.6 Å². The second kappa shape index (κ2) is 20.7. The normalized spacial score (nSPS) is 40.3. The number of benzene rings is 1. The molecular formula is C49H81F3N2O7S. The molecule has 7 unspecified atom stereocenters. The number of aliphatic hydroxyl groups is 4. The third-order valence-electron chi connectivity index (χ3n) is 15.5. The molecule has 0 bridgehead atoms. The van der Waals surface area contributed by atoms with E-state index in [1.165, 1.54) is 28.8 Å². The molecule has 0 spiro atoms. The van der Waals surface area contributed by atoms with Crippen LogP contribution in [0.15, 0.2) is 24.3 Å². The zero-order valence-corrected chi connectivity index (χ0v) is 40.7. The minimum Gasteiger partial charge on any atom is -0.393 e. The zero-order valence-electron chi connectivity index (χ0n) is 39.8. The number of amides is 2. The average molecular weight is 899 g/mol. The van der Waals surface area contributed by atoms with Crippen LogP contribution in [0.1, 0.15) is 147 Å². The Bertz CT molecular complexity index is 1620. The molecule has 16 atom stereocenters. The number of urea groups is 1. The molecule has 1 saturated heterocycles. The number of carbonyl (C=O) groups excluding carboxylic acids is 2. The molecule has 3 fully saturated rings. The highest BCUT2D eigenvalue weighted by Gasteiger charge is 2.50. The summed E-state index contributed by atoms with van der Waals surface area (Å²) in [5.41, 5.74) is -3.37. The molecule has 0 aromatic heterocycles. The molecule has 9 nitrogen and oxygen atoms in total. The maximum absolute atomic E-state index is 14.8. The van der Waals surface area contributed by atoms with Crippen molar-refractivity contribution in [3.05, 3.63) is 29.8 Å². The maximum Gasteiger partial charge on any atom is 0.416 e. The first-order valence-corrected chi connectivity index (χ1v) is 24.3. The summed E-state index contributed by atoms with van der Waals surface area (Å²) >= 11 is 1.19. The SMILES string of the molecule is CCC1CC(C)CC(C[C@@H]2[C@@H](C)[C@H](O[C@@H]3CC(C)[C@H](O)C(C)(C)C3)C(C)C(=O)S[C@H](CC)C(C)(C)C(O)C(C)N(C(=O)Nc3ccc(C(F)(F)F)cc3)C[C@H](C)C[C@@]2(C)O)[C@@H]1O. The molecule has 0 radical (unpaired) electrons. The molecule has 13 heteroatoms. The van der Waals surface area contributed by atoms with E-state index in [4.69, 9.17) is 4.74 Å². The first kappa shape index (κ1) is 52.7. The van der Waals surface area contributed by atoms with E-state index >= 15 is 0 Å². The summed E-state index contributed by atoms with van der Waals surface area (Å²) in [4.78, 5) is 30.6. The van der Waals surface area contributed by atoms with Crippen LogP contribution in [0.25, 0.3) is 0 Å². The molecule has 62 heavy (non-hydrogen) atoms. The molecule has 5 N–H and O–H groups in total. The van der Waals surface area contributed by atoms with Crippen molar-refractivity contribution in [3.63, 3.8) is 0 Å². The highest BCUT2D eigenvalue weighted by Crippen LogP contribution is 2.49. The van der Waals surface area contributed by atoms with Crippen LogP contribution in [-0.4, -0.2) is 90.4 Å². The predicted octanol–water partition coefficient (Wildman–Crippen LogP) is 10.4. The fourth-order valence-corrected chi connectivity index (χ4v) is 13.1. The van der Waals surface area contributed by atoms with E-state index in [1.807, 2.05) is 62.3 Å². The molecule has 1 aromatic rings. The fraction of sp³-hybridized carbons (Fsp3) is 0.837. The quantitative estimate of drug-likeness (QED) is 0.182. The molecule has 356 valence electrons. The van der Waals surface area contributed by atoms with E-state index in [2.05, 4.69) is 26.1 Å². The van der Waals surface area contributed by atoms with Gasteiger partial charge in [-0.25, -0.2) is 4.79 Å². The lowest BCUT2D eigenvalue weighted by Crippen LogP contribution is -2.55. The number of carbonyl (C=O) groups is 2. The van der Waals surface area contributed by atoms with Gasteiger partial charge in [-0.05, 0) is 130 Å². The maximum atomic E-state index is 14.8. The second-order valence-electron chi connectivity index (χ2n) is 21.7. The summed E-state index contributed by atoms with van der Waals surface area (Å²) in [5.74, 6) is -1.39. The lowest BCUT2D eigenvalue weighted by atomic mass is 9.63. The van der Waals surface area contributed by atoms with Crippen molar-refractivity contribution in [1.82, 2.24) is 4.90 Å². The van der Waals surface area contributed by atoms with Gasteiger partial charge < -0.3 is 35.4 Å². The Morgan fingerprint density at radius 1 is 0.871 bits per heavy atom. The summed E-state index contributed by atoms with van der Waals surface area (Å²) in [7, 11) is 0. The number of nitrogens with one attached hydrogen (secondary N) is 1. The number of rotatable bonds is 7. The highest BCUT2D eigenvalue weighted by atomic mass is 32.2. The number of hydrogen-bond acceptors (Lipinski definition) is 8. The van der Waals surface area contributed by atoms with Crippen LogP contribution < -0.4 is 5.32 Å². The van der Waals surface area contributed by atoms with E-state index in [-0.39, 0.29) is 64.7 Å². The second-order valence-corrected chi connectivity index (χ2v) is 22.9. The van der Waals surface area contributed by atoms with Gasteiger partial charge in [-0.2, -0.15) is 13.2 Å². The predicted molar refractivity (Wildman–Crippen MR) is 242 cm³/mol. The Kier molecular flexibility index (Phi) is 17.6. The van der Waals surface area contributed by atoms with Gasteiger partial charge in [-0.1, -0.05) is 94.3 Å². The van der Waals surface area contributed by atoms with Crippen LogP contribution in [0.5, 0.6) is 0 Å². The summed E-state index contributed by atoms with van der Waals surface area (Å²) in [5, 5.41) is 50.5. The third-order valence-corrected chi connectivity index (χ3v) is 17.3. The van der Waals surface area contributed by atoms with Crippen molar-refractivity contribution in [2.75, 3.05) is 11.9 Å². The van der Waals surface area contributed by atoms with Gasteiger partial charge in [0, 0.05) is 22.9 Å². The first-order valence-electron chi connectivity index (χ1n) is 23.4. The van der Waals surface area contributed by atoms with E-state index in [9.17, 15) is 43.2 Å². The standard InChI is InChI=1S/C49H81F3N2O7S/c1-14-33-20-27(3)21-34(40(33)55)23-38-30(6)41(61-37-22-29(5)42(56)46(9,10)25-37)31(7)44(58)62-39(15-2)47(11,12)43(57)32(8)54(26-28(4)24-48(38,13)60)45(59)53-36-18-16-35(17-19-36)49(50,51)52/h16-19,27-34,37-43,55-57,60H,14-15,20-26H2,1-13H3,(H,53,59)/t27?,28-,29?,30-,31?,32?,33?,34?,37-,38-,39-,40-,41+,42+,43?,48-/m1/s1. The van der Waals surface area contributed by atoms with Crippen LogP contribution >= 0.6 is 11.8 Å². The smallest absolute Gasteiger partial charge is 0.393 e.